The molecule has 6 heteroatoms. The molecule has 0 fully saturated rings. The Hall–Kier alpha value is -2.96. The van der Waals surface area contributed by atoms with E-state index in [1.807, 2.05) is 79.1 Å². The number of fused-ring (bicyclic) bond motifs is 1. The molecule has 0 heterocycles. The van der Waals surface area contributed by atoms with Gasteiger partial charge in [0, 0.05) is 22.1 Å². The molecule has 4 aromatic carbocycles. The van der Waals surface area contributed by atoms with Crippen LogP contribution in [0.1, 0.15) is 0 Å². The Kier molecular flexibility index (Phi) is 5.94. The summed E-state index contributed by atoms with van der Waals surface area (Å²) >= 11 is 1.41. The zero-order chi connectivity index (χ0) is 22.0. The van der Waals surface area contributed by atoms with Crippen molar-refractivity contribution in [1.82, 2.24) is 0 Å². The standard InChI is InChI=1S/C25H22O4S2/c1-28-20-11-13-22-17(15-20)9-12-21(25(22)29-19-7-5-4-6-8-19)18-10-14-24(31(3,26)27)23(16-18)30-2/h4-16H,1-3H3. The second-order valence-electron chi connectivity index (χ2n) is 7.08. The van der Waals surface area contributed by atoms with Gasteiger partial charge in [0.15, 0.2) is 9.84 Å². The van der Waals surface area contributed by atoms with E-state index in [0.717, 1.165) is 33.4 Å². The van der Waals surface area contributed by atoms with Gasteiger partial charge in [-0.15, -0.1) is 11.8 Å². The summed E-state index contributed by atoms with van der Waals surface area (Å²) in [5.41, 5.74) is 1.78. The van der Waals surface area contributed by atoms with Crippen molar-refractivity contribution in [3.8, 4) is 28.4 Å². The molecular formula is C25H22O4S2. The molecule has 0 atom stereocenters. The predicted molar refractivity (Wildman–Crippen MR) is 127 cm³/mol. The minimum atomic E-state index is -3.31. The number of thioether (sulfide) groups is 1. The maximum Gasteiger partial charge on any atom is 0.176 e. The molecule has 31 heavy (non-hydrogen) atoms. The molecule has 4 nitrogen and oxygen atoms in total. The molecule has 4 rings (SSSR count). The third kappa shape index (κ3) is 4.40. The van der Waals surface area contributed by atoms with Crippen LogP contribution in [0.5, 0.6) is 17.2 Å². The fourth-order valence-corrected chi connectivity index (χ4v) is 5.45. The van der Waals surface area contributed by atoms with Crippen LogP contribution >= 0.6 is 11.8 Å². The number of methoxy groups -OCH3 is 1. The van der Waals surface area contributed by atoms with Gasteiger partial charge in [0.05, 0.1) is 12.0 Å². The number of rotatable bonds is 6. The van der Waals surface area contributed by atoms with E-state index in [-0.39, 0.29) is 0 Å². The highest BCUT2D eigenvalue weighted by atomic mass is 32.2. The number of para-hydroxylation sites is 1. The Morgan fingerprint density at radius 1 is 0.839 bits per heavy atom. The summed E-state index contributed by atoms with van der Waals surface area (Å²) < 4.78 is 36.0. The fourth-order valence-electron chi connectivity index (χ4n) is 3.49. The largest absolute Gasteiger partial charge is 0.497 e. The minimum absolute atomic E-state index is 0.333. The number of hydrogen-bond donors (Lipinski definition) is 0. The first kappa shape index (κ1) is 21.3. The first-order valence-corrected chi connectivity index (χ1v) is 12.7. The molecule has 0 spiro atoms. The van der Waals surface area contributed by atoms with E-state index in [2.05, 4.69) is 0 Å². The van der Waals surface area contributed by atoms with Crippen molar-refractivity contribution in [2.45, 2.75) is 9.79 Å². The lowest BCUT2D eigenvalue weighted by atomic mass is 9.99. The van der Waals surface area contributed by atoms with Crippen LogP contribution in [0, 0.1) is 0 Å². The van der Waals surface area contributed by atoms with Crippen LogP contribution in [0.15, 0.2) is 88.7 Å². The van der Waals surface area contributed by atoms with Gasteiger partial charge in [0.2, 0.25) is 0 Å². The molecule has 0 amide bonds. The highest BCUT2D eigenvalue weighted by Gasteiger charge is 2.17. The van der Waals surface area contributed by atoms with Gasteiger partial charge in [-0.1, -0.05) is 30.3 Å². The van der Waals surface area contributed by atoms with E-state index in [0.29, 0.717) is 15.5 Å². The summed E-state index contributed by atoms with van der Waals surface area (Å²) in [5.74, 6) is 2.21. The van der Waals surface area contributed by atoms with Crippen LogP contribution in [-0.4, -0.2) is 28.0 Å². The molecule has 0 saturated carbocycles. The third-order valence-corrected chi connectivity index (χ3v) is 7.08. The number of benzene rings is 4. The quantitative estimate of drug-likeness (QED) is 0.317. The van der Waals surface area contributed by atoms with E-state index in [1.54, 1.807) is 13.2 Å². The summed E-state index contributed by atoms with van der Waals surface area (Å²) in [4.78, 5) is 1.04. The zero-order valence-electron chi connectivity index (χ0n) is 17.5. The van der Waals surface area contributed by atoms with Crippen LogP contribution in [0.4, 0.5) is 0 Å². The zero-order valence-corrected chi connectivity index (χ0v) is 19.1. The first-order chi connectivity index (χ1) is 14.9. The Labute approximate surface area is 186 Å². The first-order valence-electron chi connectivity index (χ1n) is 9.63. The Balaban J connectivity index is 1.94. The lowest BCUT2D eigenvalue weighted by Gasteiger charge is -2.16. The van der Waals surface area contributed by atoms with Gasteiger partial charge in [0.1, 0.15) is 17.2 Å². The molecule has 0 bridgehead atoms. The smallest absolute Gasteiger partial charge is 0.176 e. The molecular weight excluding hydrogens is 428 g/mol. The average Bonchev–Trinajstić information content (AvgIpc) is 2.78. The molecule has 0 N–H and O–H groups in total. The van der Waals surface area contributed by atoms with Crippen molar-refractivity contribution in [2.75, 3.05) is 19.6 Å². The van der Waals surface area contributed by atoms with Gasteiger partial charge >= 0.3 is 0 Å². The Bertz CT molecular complexity index is 1350. The second-order valence-corrected chi connectivity index (χ2v) is 9.91. The van der Waals surface area contributed by atoms with Crippen molar-refractivity contribution in [3.05, 3.63) is 78.9 Å². The molecule has 0 aliphatic heterocycles. The second kappa shape index (κ2) is 8.65. The van der Waals surface area contributed by atoms with Crippen LogP contribution in [0.25, 0.3) is 21.9 Å². The summed E-state index contributed by atoms with van der Waals surface area (Å²) in [5, 5.41) is 1.94. The van der Waals surface area contributed by atoms with Gasteiger partial charge < -0.3 is 9.47 Å². The Morgan fingerprint density at radius 3 is 2.29 bits per heavy atom. The van der Waals surface area contributed by atoms with Crippen molar-refractivity contribution in [2.24, 2.45) is 0 Å². The molecule has 0 radical (unpaired) electrons. The lowest BCUT2D eigenvalue weighted by molar-refractivity contribution is 0.415. The lowest BCUT2D eigenvalue weighted by Crippen LogP contribution is -1.99. The molecule has 0 aromatic heterocycles. The van der Waals surface area contributed by atoms with E-state index >= 15 is 0 Å². The van der Waals surface area contributed by atoms with Crippen LogP contribution < -0.4 is 9.47 Å². The highest BCUT2D eigenvalue weighted by Crippen LogP contribution is 2.42. The van der Waals surface area contributed by atoms with Gasteiger partial charge in [0.25, 0.3) is 0 Å². The van der Waals surface area contributed by atoms with E-state index in [1.165, 1.54) is 18.0 Å². The summed E-state index contributed by atoms with van der Waals surface area (Å²) in [6.07, 6.45) is 3.11. The summed E-state index contributed by atoms with van der Waals surface area (Å²) in [7, 11) is -1.67. The van der Waals surface area contributed by atoms with Crippen LogP contribution in [0.2, 0.25) is 0 Å². The molecule has 0 aliphatic rings. The number of sulfone groups is 1. The van der Waals surface area contributed by atoms with Crippen molar-refractivity contribution >= 4 is 32.4 Å². The maximum absolute atomic E-state index is 12.2. The average molecular weight is 451 g/mol. The minimum Gasteiger partial charge on any atom is -0.497 e. The molecule has 0 saturated heterocycles. The van der Waals surface area contributed by atoms with Gasteiger partial charge in [-0.2, -0.15) is 0 Å². The summed E-state index contributed by atoms with van der Waals surface area (Å²) in [6, 6.07) is 24.9. The predicted octanol–water partition coefficient (Wildman–Crippen LogP) is 6.43. The van der Waals surface area contributed by atoms with Gasteiger partial charge in [-0.25, -0.2) is 8.42 Å². The third-order valence-electron chi connectivity index (χ3n) is 5.01. The molecule has 0 unspecified atom stereocenters. The van der Waals surface area contributed by atoms with Crippen molar-refractivity contribution in [1.29, 1.82) is 0 Å². The van der Waals surface area contributed by atoms with E-state index in [9.17, 15) is 8.42 Å². The van der Waals surface area contributed by atoms with Crippen LogP contribution in [0.3, 0.4) is 0 Å². The molecule has 4 aromatic rings. The van der Waals surface area contributed by atoms with Crippen LogP contribution in [-0.2, 0) is 9.84 Å². The fraction of sp³-hybridized carbons (Fsp3) is 0.120. The SMILES string of the molecule is COc1ccc2c(Oc3ccccc3)c(-c3ccc(S(C)(=O)=O)c(SC)c3)ccc2c1. The van der Waals surface area contributed by atoms with Crippen molar-refractivity contribution < 1.29 is 17.9 Å². The van der Waals surface area contributed by atoms with E-state index in [4.69, 9.17) is 9.47 Å². The summed E-state index contributed by atoms with van der Waals surface area (Å²) in [6.45, 7) is 0. The maximum atomic E-state index is 12.2. The van der Waals surface area contributed by atoms with Gasteiger partial charge in [-0.3, -0.25) is 0 Å². The van der Waals surface area contributed by atoms with E-state index < -0.39 is 9.84 Å². The van der Waals surface area contributed by atoms with Gasteiger partial charge in [-0.05, 0) is 65.7 Å². The topological polar surface area (TPSA) is 52.6 Å². The molecule has 0 aliphatic carbocycles. The normalized spacial score (nSPS) is 11.5. The number of ether oxygens (including phenoxy) is 2. The molecule has 158 valence electrons. The Morgan fingerprint density at radius 2 is 1.61 bits per heavy atom. The highest BCUT2D eigenvalue weighted by molar-refractivity contribution is 7.99. The number of hydrogen-bond acceptors (Lipinski definition) is 5. The monoisotopic (exact) mass is 450 g/mol. The van der Waals surface area contributed by atoms with Crippen molar-refractivity contribution in [3.63, 3.8) is 0 Å².